The number of hydrogen-bond donors (Lipinski definition) is 2. The number of nitrogens with one attached hydrogen (secondary N) is 1. The zero-order valence-corrected chi connectivity index (χ0v) is 20.1. The van der Waals surface area contributed by atoms with Crippen LogP contribution in [0.15, 0.2) is 24.3 Å². The number of unbranched alkanes of at least 4 members (excludes halogenated alkanes) is 1. The topological polar surface area (TPSA) is 79.6 Å². The van der Waals surface area contributed by atoms with Crippen LogP contribution in [0.3, 0.4) is 0 Å². The Balaban J connectivity index is 2.04. The van der Waals surface area contributed by atoms with E-state index in [9.17, 15) is 9.90 Å². The number of aliphatic hydroxyl groups excluding tert-OH is 1. The Morgan fingerprint density at radius 3 is 2.78 bits per heavy atom. The molecule has 0 spiro atoms. The van der Waals surface area contributed by atoms with Gasteiger partial charge < -0.3 is 24.6 Å². The first-order valence-corrected chi connectivity index (χ1v) is 12.1. The predicted molar refractivity (Wildman–Crippen MR) is 128 cm³/mol. The molecule has 0 radical (unpaired) electrons. The number of aromatic nitrogens is 2. The van der Waals surface area contributed by atoms with Gasteiger partial charge in [-0.3, -0.25) is 4.79 Å². The predicted octanol–water partition coefficient (Wildman–Crippen LogP) is 3.45. The van der Waals surface area contributed by atoms with Gasteiger partial charge in [0.1, 0.15) is 0 Å². The summed E-state index contributed by atoms with van der Waals surface area (Å²) in [7, 11) is 1.71. The molecule has 3 rings (SSSR count). The van der Waals surface area contributed by atoms with Crippen LogP contribution in [-0.2, 0) is 11.3 Å². The highest BCUT2D eigenvalue weighted by Gasteiger charge is 2.47. The van der Waals surface area contributed by atoms with E-state index in [2.05, 4.69) is 23.7 Å². The number of imidazole rings is 1. The monoisotopic (exact) mass is 444 g/mol. The van der Waals surface area contributed by atoms with Crippen molar-refractivity contribution in [1.29, 1.82) is 0 Å². The third-order valence-corrected chi connectivity index (χ3v) is 6.56. The quantitative estimate of drug-likeness (QED) is 0.519. The summed E-state index contributed by atoms with van der Waals surface area (Å²) in [5.74, 6) is 0.664. The molecule has 7 nitrogen and oxygen atoms in total. The first-order chi connectivity index (χ1) is 15.4. The number of hydrogen-bond acceptors (Lipinski definition) is 5. The van der Waals surface area contributed by atoms with E-state index in [0.717, 1.165) is 43.3 Å². The van der Waals surface area contributed by atoms with Crippen molar-refractivity contribution >= 4 is 16.9 Å². The van der Waals surface area contributed by atoms with Gasteiger partial charge in [0.05, 0.1) is 22.7 Å². The smallest absolute Gasteiger partial charge is 0.290 e. The molecule has 7 heteroatoms. The van der Waals surface area contributed by atoms with Crippen molar-refractivity contribution in [3.05, 3.63) is 30.1 Å². The van der Waals surface area contributed by atoms with E-state index >= 15 is 0 Å². The summed E-state index contributed by atoms with van der Waals surface area (Å²) in [4.78, 5) is 20.9. The highest BCUT2D eigenvalue weighted by Crippen LogP contribution is 2.32. The summed E-state index contributed by atoms with van der Waals surface area (Å²) in [6.45, 7) is 9.75. The minimum Gasteiger partial charge on any atom is -0.391 e. The van der Waals surface area contributed by atoms with Crippen molar-refractivity contribution in [3.8, 4) is 0 Å². The molecule has 1 fully saturated rings. The van der Waals surface area contributed by atoms with Gasteiger partial charge in [-0.1, -0.05) is 32.9 Å². The van der Waals surface area contributed by atoms with E-state index in [1.165, 1.54) is 0 Å². The van der Waals surface area contributed by atoms with Crippen molar-refractivity contribution in [2.75, 3.05) is 33.4 Å². The number of rotatable bonds is 11. The summed E-state index contributed by atoms with van der Waals surface area (Å²) < 4.78 is 7.26. The van der Waals surface area contributed by atoms with Crippen molar-refractivity contribution in [3.63, 3.8) is 0 Å². The molecule has 0 saturated carbocycles. The molecular formula is C25H40N4O3. The van der Waals surface area contributed by atoms with Crippen molar-refractivity contribution in [2.45, 2.75) is 71.1 Å². The number of nitrogens with zero attached hydrogens (tertiary/aromatic N) is 3. The minimum atomic E-state index is -0.618. The second kappa shape index (κ2) is 11.3. The third-order valence-electron chi connectivity index (χ3n) is 6.56. The van der Waals surface area contributed by atoms with Crippen molar-refractivity contribution in [1.82, 2.24) is 19.8 Å². The van der Waals surface area contributed by atoms with Crippen LogP contribution in [-0.4, -0.2) is 70.5 Å². The lowest BCUT2D eigenvalue weighted by atomic mass is 9.80. The Bertz CT molecular complexity index is 873. The number of para-hydroxylation sites is 2. The maximum absolute atomic E-state index is 14.2. The van der Waals surface area contributed by atoms with E-state index < -0.39 is 11.6 Å². The molecule has 32 heavy (non-hydrogen) atoms. The zero-order chi connectivity index (χ0) is 23.1. The van der Waals surface area contributed by atoms with E-state index in [1.807, 2.05) is 36.1 Å². The molecule has 2 atom stereocenters. The Morgan fingerprint density at radius 2 is 2.12 bits per heavy atom. The maximum Gasteiger partial charge on any atom is 0.290 e. The Hall–Kier alpha value is -1.96. The summed E-state index contributed by atoms with van der Waals surface area (Å²) in [6, 6.07) is 7.94. The summed E-state index contributed by atoms with van der Waals surface area (Å²) in [5, 5.41) is 14.6. The molecule has 1 aliphatic heterocycles. The lowest BCUT2D eigenvalue weighted by Gasteiger charge is -2.49. The molecule has 2 heterocycles. The fourth-order valence-electron chi connectivity index (χ4n) is 4.92. The van der Waals surface area contributed by atoms with Crippen LogP contribution in [0.5, 0.6) is 0 Å². The van der Waals surface area contributed by atoms with Gasteiger partial charge in [-0.25, -0.2) is 4.98 Å². The molecule has 1 aromatic heterocycles. The van der Waals surface area contributed by atoms with Gasteiger partial charge in [0, 0.05) is 33.4 Å². The summed E-state index contributed by atoms with van der Waals surface area (Å²) in [5.41, 5.74) is 1.19. The normalized spacial score (nSPS) is 20.1. The first kappa shape index (κ1) is 24.7. The fraction of sp³-hybridized carbons (Fsp3) is 0.680. The van der Waals surface area contributed by atoms with Gasteiger partial charge >= 0.3 is 0 Å². The van der Waals surface area contributed by atoms with Crippen molar-refractivity contribution in [2.24, 2.45) is 5.92 Å². The molecule has 178 valence electrons. The highest BCUT2D eigenvalue weighted by molar-refractivity contribution is 5.95. The van der Waals surface area contributed by atoms with Crippen LogP contribution in [0.2, 0.25) is 0 Å². The Morgan fingerprint density at radius 1 is 1.34 bits per heavy atom. The molecule has 2 N–H and O–H groups in total. The van der Waals surface area contributed by atoms with Gasteiger partial charge in [-0.15, -0.1) is 0 Å². The second-order valence-electron chi connectivity index (χ2n) is 9.39. The minimum absolute atomic E-state index is 0.0853. The van der Waals surface area contributed by atoms with Gasteiger partial charge in [0.2, 0.25) is 0 Å². The van der Waals surface area contributed by atoms with Crippen LogP contribution in [0.25, 0.3) is 11.0 Å². The maximum atomic E-state index is 14.2. The standard InChI is InChI=1S/C25H40N4O3/c1-5-22(30)25(13-10-14-26-18-25)29(17-19(2)3)24(31)23-27-20-11-6-7-12-21(20)28(23)15-8-9-16-32-4/h6-7,11-12,19,22,26,30H,5,8-10,13-18H2,1-4H3/t22-,25+/m0/s1. The first-order valence-electron chi connectivity index (χ1n) is 12.1. The highest BCUT2D eigenvalue weighted by atomic mass is 16.5. The number of ether oxygens (including phenoxy) is 1. The zero-order valence-electron chi connectivity index (χ0n) is 20.1. The van der Waals surface area contributed by atoms with Crippen LogP contribution >= 0.6 is 0 Å². The van der Waals surface area contributed by atoms with Crippen LogP contribution in [0.1, 0.15) is 63.5 Å². The van der Waals surface area contributed by atoms with Crippen LogP contribution < -0.4 is 5.32 Å². The molecule has 2 aromatic rings. The van der Waals surface area contributed by atoms with Crippen LogP contribution in [0, 0.1) is 5.92 Å². The lowest BCUT2D eigenvalue weighted by Crippen LogP contribution is -2.66. The van der Waals surface area contributed by atoms with E-state index in [0.29, 0.717) is 38.5 Å². The van der Waals surface area contributed by atoms with Gasteiger partial charge in [-0.2, -0.15) is 0 Å². The number of methoxy groups -OCH3 is 1. The Labute approximate surface area is 192 Å². The number of carbonyl (C=O) groups excluding carboxylic acids is 1. The number of benzene rings is 1. The molecule has 1 aromatic carbocycles. The van der Waals surface area contributed by atoms with Crippen molar-refractivity contribution < 1.29 is 14.6 Å². The number of amides is 1. The molecular weight excluding hydrogens is 404 g/mol. The third kappa shape index (κ3) is 5.16. The number of aryl methyl sites for hydroxylation is 1. The summed E-state index contributed by atoms with van der Waals surface area (Å²) >= 11 is 0. The number of fused-ring (bicyclic) bond motifs is 1. The number of aliphatic hydroxyl groups is 1. The largest absolute Gasteiger partial charge is 0.391 e. The average Bonchev–Trinajstić information content (AvgIpc) is 3.18. The molecule has 1 amide bonds. The molecule has 1 saturated heterocycles. The van der Waals surface area contributed by atoms with Gasteiger partial charge in [0.15, 0.2) is 5.82 Å². The second-order valence-corrected chi connectivity index (χ2v) is 9.39. The summed E-state index contributed by atoms with van der Waals surface area (Å²) in [6.07, 6.45) is 3.58. The molecule has 0 bridgehead atoms. The van der Waals surface area contributed by atoms with E-state index in [1.54, 1.807) is 7.11 Å². The lowest BCUT2D eigenvalue weighted by molar-refractivity contribution is -0.0408. The SMILES string of the molecule is CC[C@H](O)[C@@]1(N(CC(C)C)C(=O)c2nc3ccccc3n2CCCCOC)CCCNC1. The molecule has 0 unspecified atom stereocenters. The average molecular weight is 445 g/mol. The number of carbonyl (C=O) groups is 1. The Kier molecular flexibility index (Phi) is 8.68. The van der Waals surface area contributed by atoms with Gasteiger partial charge in [-0.05, 0) is 56.7 Å². The van der Waals surface area contributed by atoms with E-state index in [4.69, 9.17) is 9.72 Å². The van der Waals surface area contributed by atoms with E-state index in [-0.39, 0.29) is 11.8 Å². The van der Waals surface area contributed by atoms with Crippen LogP contribution in [0.4, 0.5) is 0 Å². The molecule has 0 aliphatic carbocycles. The fourth-order valence-corrected chi connectivity index (χ4v) is 4.92. The molecule has 1 aliphatic rings. The van der Waals surface area contributed by atoms with Gasteiger partial charge in [0.25, 0.3) is 5.91 Å². The number of piperidine rings is 1.